The molecular weight excluding hydrogens is 429 g/mol. The van der Waals surface area contributed by atoms with Crippen LogP contribution in [-0.4, -0.2) is 45.0 Å². The van der Waals surface area contributed by atoms with E-state index in [0.29, 0.717) is 53.3 Å². The third-order valence-corrected chi connectivity index (χ3v) is 5.16. The molecule has 3 aromatic rings. The molecule has 8 heteroatoms. The number of benzene rings is 2. The Morgan fingerprint density at radius 2 is 1.79 bits per heavy atom. The van der Waals surface area contributed by atoms with Gasteiger partial charge < -0.3 is 23.7 Å². The second-order valence-electron chi connectivity index (χ2n) is 7.22. The molecule has 1 fully saturated rings. The summed E-state index contributed by atoms with van der Waals surface area (Å²) in [6, 6.07) is 11.3. The molecule has 0 amide bonds. The topological polar surface area (TPSA) is 76.1 Å². The lowest BCUT2D eigenvalue weighted by molar-refractivity contribution is -0.136. The molecular formula is C25H24FNO6. The van der Waals surface area contributed by atoms with Crippen LogP contribution in [-0.2, 0) is 19.0 Å². The van der Waals surface area contributed by atoms with Gasteiger partial charge >= 0.3 is 5.97 Å². The molecule has 0 bridgehead atoms. The van der Waals surface area contributed by atoms with Crippen molar-refractivity contribution >= 4 is 22.4 Å². The quantitative estimate of drug-likeness (QED) is 0.395. The molecule has 1 aliphatic rings. The molecule has 33 heavy (non-hydrogen) atoms. The van der Waals surface area contributed by atoms with Crippen LogP contribution in [0.5, 0.6) is 11.5 Å². The highest BCUT2D eigenvalue weighted by Crippen LogP contribution is 2.36. The van der Waals surface area contributed by atoms with Gasteiger partial charge in [-0.15, -0.1) is 0 Å². The number of hydrogen-bond acceptors (Lipinski definition) is 7. The van der Waals surface area contributed by atoms with Crippen molar-refractivity contribution in [2.45, 2.75) is 13.3 Å². The number of ether oxygens (including phenoxy) is 5. The van der Waals surface area contributed by atoms with E-state index in [4.69, 9.17) is 28.7 Å². The zero-order chi connectivity index (χ0) is 23.4. The molecule has 4 rings (SSSR count). The fraction of sp³-hybridized carbons (Fsp3) is 0.280. The summed E-state index contributed by atoms with van der Waals surface area (Å²) >= 11 is 0. The van der Waals surface area contributed by atoms with Crippen LogP contribution < -0.4 is 9.47 Å². The zero-order valence-corrected chi connectivity index (χ0v) is 18.6. The van der Waals surface area contributed by atoms with Gasteiger partial charge in [0.05, 0.1) is 45.3 Å². The van der Waals surface area contributed by atoms with Crippen molar-refractivity contribution < 1.29 is 32.9 Å². The van der Waals surface area contributed by atoms with E-state index in [2.05, 4.69) is 0 Å². The normalized spacial score (nSPS) is 13.2. The van der Waals surface area contributed by atoms with Gasteiger partial charge in [-0.25, -0.2) is 14.2 Å². The van der Waals surface area contributed by atoms with Gasteiger partial charge in [-0.3, -0.25) is 0 Å². The van der Waals surface area contributed by atoms with Gasteiger partial charge in [0, 0.05) is 22.9 Å². The van der Waals surface area contributed by atoms with Crippen LogP contribution in [0.15, 0.2) is 48.4 Å². The number of carbonyl (C=O) groups excluding carboxylic acids is 1. The van der Waals surface area contributed by atoms with E-state index >= 15 is 0 Å². The number of nitrogens with zero attached hydrogens (tertiary/aromatic N) is 1. The average Bonchev–Trinajstić information content (AvgIpc) is 2.84. The first-order chi connectivity index (χ1) is 16.0. The fourth-order valence-electron chi connectivity index (χ4n) is 3.63. The summed E-state index contributed by atoms with van der Waals surface area (Å²) < 4.78 is 41.6. The van der Waals surface area contributed by atoms with Gasteiger partial charge in [0.1, 0.15) is 11.4 Å². The second kappa shape index (κ2) is 9.77. The van der Waals surface area contributed by atoms with Crippen LogP contribution in [0.2, 0.25) is 0 Å². The van der Waals surface area contributed by atoms with Crippen molar-refractivity contribution in [3.8, 4) is 22.8 Å². The van der Waals surface area contributed by atoms with Crippen molar-refractivity contribution in [2.24, 2.45) is 0 Å². The molecule has 0 saturated carbocycles. The minimum absolute atomic E-state index is 0.0646. The summed E-state index contributed by atoms with van der Waals surface area (Å²) in [6.45, 7) is 2.67. The Bertz CT molecular complexity index is 1210. The van der Waals surface area contributed by atoms with Crippen molar-refractivity contribution in [1.82, 2.24) is 4.98 Å². The number of pyridine rings is 1. The van der Waals surface area contributed by atoms with Gasteiger partial charge in [0.15, 0.2) is 11.5 Å². The van der Waals surface area contributed by atoms with Gasteiger partial charge in [-0.1, -0.05) is 0 Å². The first-order valence-electron chi connectivity index (χ1n) is 10.6. The third kappa shape index (κ3) is 4.55. The Kier molecular flexibility index (Phi) is 6.63. The SMILES string of the molecule is CCOC(=O)C(=C1OCCCO1)c1cc(-c2ccc(OC)c(OC)c2)nc2ccc(F)cc12. The number of fused-ring (bicyclic) bond motifs is 1. The van der Waals surface area contributed by atoms with E-state index in [0.717, 1.165) is 5.56 Å². The molecule has 2 aromatic carbocycles. The molecule has 0 radical (unpaired) electrons. The van der Waals surface area contributed by atoms with Gasteiger partial charge in [0.25, 0.3) is 5.95 Å². The monoisotopic (exact) mass is 453 g/mol. The summed E-state index contributed by atoms with van der Waals surface area (Å²) in [5, 5.41) is 0.438. The molecule has 0 aliphatic carbocycles. The maximum Gasteiger partial charge on any atom is 0.346 e. The van der Waals surface area contributed by atoms with E-state index in [9.17, 15) is 9.18 Å². The zero-order valence-electron chi connectivity index (χ0n) is 18.6. The number of hydrogen-bond donors (Lipinski definition) is 0. The van der Waals surface area contributed by atoms with Crippen LogP contribution in [0.3, 0.4) is 0 Å². The van der Waals surface area contributed by atoms with E-state index < -0.39 is 11.8 Å². The van der Waals surface area contributed by atoms with Crippen LogP contribution >= 0.6 is 0 Å². The molecule has 0 unspecified atom stereocenters. The highest BCUT2D eigenvalue weighted by atomic mass is 19.1. The second-order valence-corrected chi connectivity index (χ2v) is 7.22. The van der Waals surface area contributed by atoms with Crippen LogP contribution in [0.25, 0.3) is 27.7 Å². The Morgan fingerprint density at radius 3 is 2.48 bits per heavy atom. The Hall–Kier alpha value is -3.81. The summed E-state index contributed by atoms with van der Waals surface area (Å²) in [5.41, 5.74) is 2.26. The summed E-state index contributed by atoms with van der Waals surface area (Å²) in [7, 11) is 3.10. The number of methoxy groups -OCH3 is 2. The molecule has 172 valence electrons. The molecule has 7 nitrogen and oxygen atoms in total. The van der Waals surface area contributed by atoms with Crippen LogP contribution in [0.4, 0.5) is 4.39 Å². The number of aromatic nitrogens is 1. The van der Waals surface area contributed by atoms with Crippen molar-refractivity contribution in [2.75, 3.05) is 34.0 Å². The molecule has 1 aliphatic heterocycles. The lowest BCUT2D eigenvalue weighted by atomic mass is 9.98. The van der Waals surface area contributed by atoms with Crippen LogP contribution in [0, 0.1) is 5.82 Å². The summed E-state index contributed by atoms with van der Waals surface area (Å²) in [6.07, 6.45) is 0.697. The Balaban J connectivity index is 1.98. The van der Waals surface area contributed by atoms with Gasteiger partial charge in [-0.05, 0) is 49.4 Å². The predicted molar refractivity (Wildman–Crippen MR) is 120 cm³/mol. The summed E-state index contributed by atoms with van der Waals surface area (Å²) in [5.74, 6) is 0.0883. The van der Waals surface area contributed by atoms with Gasteiger partial charge in [-0.2, -0.15) is 0 Å². The highest BCUT2D eigenvalue weighted by Gasteiger charge is 2.27. The maximum atomic E-state index is 14.2. The maximum absolute atomic E-state index is 14.2. The molecule has 0 atom stereocenters. The standard InChI is InChI=1S/C25H24FNO6/c1-4-31-24(28)23(25-32-10-5-11-33-25)18-14-20(27-19-8-7-16(26)13-17(18)19)15-6-9-21(29-2)22(12-15)30-3/h6-9,12-14H,4-5,10-11H2,1-3H3. The lowest BCUT2D eigenvalue weighted by Crippen LogP contribution is -2.17. The van der Waals surface area contributed by atoms with E-state index in [1.54, 1.807) is 45.4 Å². The molecule has 1 aromatic heterocycles. The van der Waals surface area contributed by atoms with Crippen molar-refractivity contribution in [3.05, 3.63) is 59.8 Å². The number of carbonyl (C=O) groups is 1. The largest absolute Gasteiger partial charge is 0.493 e. The number of rotatable bonds is 6. The summed E-state index contributed by atoms with van der Waals surface area (Å²) in [4.78, 5) is 17.7. The minimum Gasteiger partial charge on any atom is -0.493 e. The van der Waals surface area contributed by atoms with E-state index in [-0.39, 0.29) is 18.1 Å². The van der Waals surface area contributed by atoms with Crippen molar-refractivity contribution in [3.63, 3.8) is 0 Å². The molecule has 2 heterocycles. The van der Waals surface area contributed by atoms with Gasteiger partial charge in [0.2, 0.25) is 0 Å². The van der Waals surface area contributed by atoms with E-state index in [1.807, 2.05) is 6.07 Å². The lowest BCUT2D eigenvalue weighted by Gasteiger charge is -2.21. The molecule has 1 saturated heterocycles. The highest BCUT2D eigenvalue weighted by molar-refractivity contribution is 6.20. The molecule has 0 N–H and O–H groups in total. The minimum atomic E-state index is -0.621. The predicted octanol–water partition coefficient (Wildman–Crippen LogP) is 4.73. The first kappa shape index (κ1) is 22.4. The van der Waals surface area contributed by atoms with E-state index in [1.165, 1.54) is 12.1 Å². The average molecular weight is 453 g/mol. The third-order valence-electron chi connectivity index (χ3n) is 5.16. The number of halogens is 1. The van der Waals surface area contributed by atoms with Crippen LogP contribution in [0.1, 0.15) is 18.9 Å². The van der Waals surface area contributed by atoms with Crippen molar-refractivity contribution in [1.29, 1.82) is 0 Å². The Labute approximate surface area is 190 Å². The first-order valence-corrected chi connectivity index (χ1v) is 10.6. The number of esters is 1. The Morgan fingerprint density at radius 1 is 1.03 bits per heavy atom. The smallest absolute Gasteiger partial charge is 0.346 e. The fourth-order valence-corrected chi connectivity index (χ4v) is 3.63. The molecule has 0 spiro atoms.